The Morgan fingerprint density at radius 2 is 1.95 bits per heavy atom. The van der Waals surface area contributed by atoms with Gasteiger partial charge in [-0.2, -0.15) is 0 Å². The first-order valence-corrected chi connectivity index (χ1v) is 8.28. The summed E-state index contributed by atoms with van der Waals surface area (Å²) in [5.41, 5.74) is 0. The average molecular weight is 278 g/mol. The van der Waals surface area contributed by atoms with Gasteiger partial charge in [-0.05, 0) is 31.1 Å². The van der Waals surface area contributed by atoms with E-state index in [0.29, 0.717) is 18.9 Å². The standard InChI is InChI=1S/C16H26N2O2/c19-15-10-14(5-7-17-15)16(20)18-8-6-13(11-18)9-12-3-1-2-4-12/h12-14H,1-11H2,(H,17,19). The molecule has 0 aromatic carbocycles. The van der Waals surface area contributed by atoms with Gasteiger partial charge in [0, 0.05) is 32.0 Å². The molecule has 3 fully saturated rings. The molecule has 1 N–H and O–H groups in total. The van der Waals surface area contributed by atoms with Crippen molar-refractivity contribution < 1.29 is 9.59 Å². The Bertz CT molecular complexity index is 377. The zero-order chi connectivity index (χ0) is 13.9. The van der Waals surface area contributed by atoms with Gasteiger partial charge in [0.1, 0.15) is 0 Å². The van der Waals surface area contributed by atoms with Crippen molar-refractivity contribution in [1.29, 1.82) is 0 Å². The molecule has 2 amide bonds. The molecule has 0 aromatic heterocycles. The lowest BCUT2D eigenvalue weighted by molar-refractivity contribution is -0.139. The zero-order valence-electron chi connectivity index (χ0n) is 12.3. The van der Waals surface area contributed by atoms with E-state index in [-0.39, 0.29) is 17.7 Å². The van der Waals surface area contributed by atoms with Crippen LogP contribution in [0.15, 0.2) is 0 Å². The summed E-state index contributed by atoms with van der Waals surface area (Å²) >= 11 is 0. The molecule has 0 aromatic rings. The molecule has 112 valence electrons. The number of amides is 2. The smallest absolute Gasteiger partial charge is 0.226 e. The predicted octanol–water partition coefficient (Wildman–Crippen LogP) is 1.94. The topological polar surface area (TPSA) is 49.4 Å². The fraction of sp³-hybridized carbons (Fsp3) is 0.875. The molecule has 2 atom stereocenters. The van der Waals surface area contributed by atoms with Gasteiger partial charge in [-0.15, -0.1) is 0 Å². The Kier molecular flexibility index (Phi) is 4.27. The summed E-state index contributed by atoms with van der Waals surface area (Å²) in [6, 6.07) is 0. The number of nitrogens with one attached hydrogen (secondary N) is 1. The van der Waals surface area contributed by atoms with Crippen LogP contribution in [0.3, 0.4) is 0 Å². The Hall–Kier alpha value is -1.06. The van der Waals surface area contributed by atoms with Crippen molar-refractivity contribution in [1.82, 2.24) is 10.2 Å². The van der Waals surface area contributed by atoms with Gasteiger partial charge >= 0.3 is 0 Å². The van der Waals surface area contributed by atoms with E-state index in [1.807, 2.05) is 4.90 Å². The minimum Gasteiger partial charge on any atom is -0.356 e. The maximum atomic E-state index is 12.5. The molecule has 20 heavy (non-hydrogen) atoms. The molecule has 0 spiro atoms. The lowest BCUT2D eigenvalue weighted by Gasteiger charge is -2.26. The van der Waals surface area contributed by atoms with E-state index in [2.05, 4.69) is 5.32 Å². The van der Waals surface area contributed by atoms with Crippen LogP contribution in [-0.2, 0) is 9.59 Å². The van der Waals surface area contributed by atoms with Crippen LogP contribution >= 0.6 is 0 Å². The molecule has 3 rings (SSSR count). The summed E-state index contributed by atoms with van der Waals surface area (Å²) in [6.07, 6.45) is 9.28. The number of rotatable bonds is 3. The molecule has 2 unspecified atom stereocenters. The van der Waals surface area contributed by atoms with Crippen molar-refractivity contribution in [3.63, 3.8) is 0 Å². The lowest BCUT2D eigenvalue weighted by Crippen LogP contribution is -2.42. The third kappa shape index (κ3) is 3.15. The summed E-state index contributed by atoms with van der Waals surface area (Å²) in [4.78, 5) is 25.9. The molecule has 1 saturated carbocycles. The van der Waals surface area contributed by atoms with Crippen molar-refractivity contribution in [3.05, 3.63) is 0 Å². The SMILES string of the molecule is O=C1CC(C(=O)N2CCC(CC3CCCC3)C2)CCN1. The van der Waals surface area contributed by atoms with Gasteiger partial charge in [-0.3, -0.25) is 9.59 Å². The van der Waals surface area contributed by atoms with Crippen LogP contribution in [0.5, 0.6) is 0 Å². The number of piperidine rings is 1. The first kappa shape index (κ1) is 13.9. The number of hydrogen-bond acceptors (Lipinski definition) is 2. The quantitative estimate of drug-likeness (QED) is 0.857. The summed E-state index contributed by atoms with van der Waals surface area (Å²) in [5.74, 6) is 1.83. The first-order chi connectivity index (χ1) is 9.72. The third-order valence-corrected chi connectivity index (χ3v) is 5.33. The van der Waals surface area contributed by atoms with E-state index in [9.17, 15) is 9.59 Å². The number of carbonyl (C=O) groups is 2. The van der Waals surface area contributed by atoms with E-state index in [1.54, 1.807) is 0 Å². The third-order valence-electron chi connectivity index (χ3n) is 5.33. The van der Waals surface area contributed by atoms with Crippen molar-refractivity contribution >= 4 is 11.8 Å². The van der Waals surface area contributed by atoms with E-state index in [4.69, 9.17) is 0 Å². The van der Waals surface area contributed by atoms with E-state index in [0.717, 1.165) is 25.4 Å². The molecule has 0 bridgehead atoms. The summed E-state index contributed by atoms with van der Waals surface area (Å²) < 4.78 is 0. The highest BCUT2D eigenvalue weighted by atomic mass is 16.2. The van der Waals surface area contributed by atoms with Crippen molar-refractivity contribution in [2.24, 2.45) is 17.8 Å². The van der Waals surface area contributed by atoms with Crippen LogP contribution in [0.2, 0.25) is 0 Å². The minimum atomic E-state index is -0.0611. The van der Waals surface area contributed by atoms with Gasteiger partial charge in [-0.25, -0.2) is 0 Å². The molecule has 2 heterocycles. The fourth-order valence-electron chi connectivity index (χ4n) is 4.20. The van der Waals surface area contributed by atoms with Gasteiger partial charge in [0.25, 0.3) is 0 Å². The maximum Gasteiger partial charge on any atom is 0.226 e. The summed E-state index contributed by atoms with van der Waals surface area (Å²) in [5, 5.41) is 2.80. The predicted molar refractivity (Wildman–Crippen MR) is 77.0 cm³/mol. The molecule has 0 radical (unpaired) electrons. The van der Waals surface area contributed by atoms with E-state index in [1.165, 1.54) is 38.5 Å². The van der Waals surface area contributed by atoms with Crippen LogP contribution in [-0.4, -0.2) is 36.3 Å². The Balaban J connectivity index is 1.48. The average Bonchev–Trinajstić information content (AvgIpc) is 3.10. The van der Waals surface area contributed by atoms with Crippen LogP contribution in [0.25, 0.3) is 0 Å². The zero-order valence-corrected chi connectivity index (χ0v) is 12.3. The highest BCUT2D eigenvalue weighted by molar-refractivity contribution is 5.87. The number of carbonyl (C=O) groups excluding carboxylic acids is 2. The second-order valence-corrected chi connectivity index (χ2v) is 6.86. The fourth-order valence-corrected chi connectivity index (χ4v) is 4.20. The highest BCUT2D eigenvalue weighted by Gasteiger charge is 2.34. The van der Waals surface area contributed by atoms with Gasteiger partial charge in [-0.1, -0.05) is 25.7 Å². The summed E-state index contributed by atoms with van der Waals surface area (Å²) in [6.45, 7) is 2.51. The normalized spacial score (nSPS) is 31.6. The van der Waals surface area contributed by atoms with Crippen molar-refractivity contribution in [2.45, 2.75) is 51.4 Å². The number of nitrogens with zero attached hydrogens (tertiary/aromatic N) is 1. The van der Waals surface area contributed by atoms with Gasteiger partial charge in [0.2, 0.25) is 11.8 Å². The number of likely N-dealkylation sites (tertiary alicyclic amines) is 1. The highest BCUT2D eigenvalue weighted by Crippen LogP contribution is 2.34. The Morgan fingerprint density at radius 1 is 1.15 bits per heavy atom. The van der Waals surface area contributed by atoms with E-state index < -0.39 is 0 Å². The number of hydrogen-bond donors (Lipinski definition) is 1. The van der Waals surface area contributed by atoms with Crippen molar-refractivity contribution in [3.8, 4) is 0 Å². The van der Waals surface area contributed by atoms with Crippen LogP contribution in [0, 0.1) is 17.8 Å². The van der Waals surface area contributed by atoms with Crippen LogP contribution in [0.4, 0.5) is 0 Å². The van der Waals surface area contributed by atoms with Gasteiger partial charge in [0.15, 0.2) is 0 Å². The monoisotopic (exact) mass is 278 g/mol. The Morgan fingerprint density at radius 3 is 2.70 bits per heavy atom. The second kappa shape index (κ2) is 6.15. The molecular formula is C16H26N2O2. The molecule has 1 aliphatic carbocycles. The second-order valence-electron chi connectivity index (χ2n) is 6.86. The first-order valence-electron chi connectivity index (χ1n) is 8.28. The van der Waals surface area contributed by atoms with Gasteiger partial charge < -0.3 is 10.2 Å². The van der Waals surface area contributed by atoms with E-state index >= 15 is 0 Å². The summed E-state index contributed by atoms with van der Waals surface area (Å²) in [7, 11) is 0. The minimum absolute atomic E-state index is 0.0382. The van der Waals surface area contributed by atoms with Crippen LogP contribution < -0.4 is 5.32 Å². The molecule has 2 aliphatic heterocycles. The maximum absolute atomic E-state index is 12.5. The molecular weight excluding hydrogens is 252 g/mol. The Labute approximate surface area is 121 Å². The molecule has 3 aliphatic rings. The lowest BCUT2D eigenvalue weighted by atomic mass is 9.92. The largest absolute Gasteiger partial charge is 0.356 e. The molecule has 4 nitrogen and oxygen atoms in total. The van der Waals surface area contributed by atoms with Crippen molar-refractivity contribution in [2.75, 3.05) is 19.6 Å². The molecule has 2 saturated heterocycles. The molecule has 4 heteroatoms. The van der Waals surface area contributed by atoms with Crippen LogP contribution in [0.1, 0.15) is 51.4 Å². The van der Waals surface area contributed by atoms with Gasteiger partial charge in [0.05, 0.1) is 0 Å².